The number of aromatic nitrogens is 1. The smallest absolute Gasteiger partial charge is 0.349 e. The first-order valence-corrected chi connectivity index (χ1v) is 15.9. The molecule has 210 valence electrons. The second kappa shape index (κ2) is 19.2. The first-order valence-electron chi connectivity index (χ1n) is 15.0. The third-order valence-corrected chi connectivity index (χ3v) is 8.24. The maximum absolute atomic E-state index is 12.7. The zero-order valence-electron chi connectivity index (χ0n) is 23.7. The van der Waals surface area contributed by atoms with Gasteiger partial charge in [0.1, 0.15) is 10.2 Å². The second-order valence-electron chi connectivity index (χ2n) is 10.4. The quantitative estimate of drug-likeness (QED) is 0.148. The third-order valence-electron chi connectivity index (χ3n) is 7.05. The standard InChI is InChI=1S/C30H51N3O3S/c1-4-6-8-10-12-13-14-15-16-17-19-21-23-32-30-33-28-25(29(35)36-30)24(3)26(37-28)27(34)31-22-20-18-11-9-7-5-2/h4-23H2,1-3H3,(H,31,34)(H,32,33). The summed E-state index contributed by atoms with van der Waals surface area (Å²) in [6.45, 7) is 7.67. The summed E-state index contributed by atoms with van der Waals surface area (Å²) in [5.74, 6) is -0.125. The molecule has 1 amide bonds. The van der Waals surface area contributed by atoms with Crippen molar-refractivity contribution in [3.63, 3.8) is 0 Å². The van der Waals surface area contributed by atoms with E-state index in [1.165, 1.54) is 101 Å². The molecule has 0 aliphatic carbocycles. The number of amides is 1. The Morgan fingerprint density at radius 2 is 1.24 bits per heavy atom. The zero-order chi connectivity index (χ0) is 26.7. The van der Waals surface area contributed by atoms with Crippen LogP contribution in [0.2, 0.25) is 0 Å². The maximum atomic E-state index is 12.7. The fourth-order valence-corrected chi connectivity index (χ4v) is 5.79. The van der Waals surface area contributed by atoms with Crippen LogP contribution in [-0.4, -0.2) is 24.0 Å². The molecule has 0 unspecified atom stereocenters. The Labute approximate surface area is 228 Å². The first kappa shape index (κ1) is 31.3. The summed E-state index contributed by atoms with van der Waals surface area (Å²) in [6.07, 6.45) is 22.8. The molecule has 0 aromatic carbocycles. The van der Waals surface area contributed by atoms with Gasteiger partial charge in [0.25, 0.3) is 11.9 Å². The number of hydrogen-bond donors (Lipinski definition) is 2. The van der Waals surface area contributed by atoms with Gasteiger partial charge in [-0.1, -0.05) is 117 Å². The van der Waals surface area contributed by atoms with Crippen LogP contribution in [-0.2, 0) is 0 Å². The van der Waals surface area contributed by atoms with Crippen LogP contribution in [0.1, 0.15) is 145 Å². The number of nitrogens with one attached hydrogen (secondary N) is 2. The van der Waals surface area contributed by atoms with Gasteiger partial charge in [0.15, 0.2) is 0 Å². The highest BCUT2D eigenvalue weighted by atomic mass is 32.1. The third kappa shape index (κ3) is 12.0. The molecule has 0 bridgehead atoms. The minimum atomic E-state index is -0.425. The molecule has 2 aromatic heterocycles. The van der Waals surface area contributed by atoms with Gasteiger partial charge in [-0.3, -0.25) is 4.79 Å². The van der Waals surface area contributed by atoms with Crippen molar-refractivity contribution < 1.29 is 9.21 Å². The number of hydrogen-bond acceptors (Lipinski definition) is 6. The van der Waals surface area contributed by atoms with Gasteiger partial charge in [0.05, 0.1) is 4.88 Å². The van der Waals surface area contributed by atoms with Gasteiger partial charge < -0.3 is 15.1 Å². The molecule has 2 heterocycles. The minimum Gasteiger partial charge on any atom is -0.389 e. The average molecular weight is 534 g/mol. The summed E-state index contributed by atoms with van der Waals surface area (Å²) in [5, 5.41) is 6.59. The summed E-state index contributed by atoms with van der Waals surface area (Å²) in [6, 6.07) is 0.251. The molecular weight excluding hydrogens is 482 g/mol. The molecule has 7 heteroatoms. The largest absolute Gasteiger partial charge is 0.389 e. The molecule has 0 fully saturated rings. The van der Waals surface area contributed by atoms with Crippen LogP contribution < -0.4 is 16.3 Å². The number of unbranched alkanes of at least 4 members (excludes halogenated alkanes) is 16. The molecule has 6 nitrogen and oxygen atoms in total. The molecule has 0 saturated heterocycles. The summed E-state index contributed by atoms with van der Waals surface area (Å²) >= 11 is 1.27. The van der Waals surface area contributed by atoms with Crippen molar-refractivity contribution in [3.8, 4) is 0 Å². The highest BCUT2D eigenvalue weighted by molar-refractivity contribution is 7.20. The fourth-order valence-electron chi connectivity index (χ4n) is 4.71. The number of carbonyl (C=O) groups excluding carboxylic acids is 1. The molecule has 0 saturated carbocycles. The summed E-state index contributed by atoms with van der Waals surface area (Å²) in [7, 11) is 0. The van der Waals surface area contributed by atoms with Crippen LogP contribution in [0.5, 0.6) is 0 Å². The van der Waals surface area contributed by atoms with Crippen molar-refractivity contribution >= 4 is 33.5 Å². The Hall–Kier alpha value is -1.89. The second-order valence-corrected chi connectivity index (χ2v) is 11.4. The van der Waals surface area contributed by atoms with E-state index in [9.17, 15) is 9.59 Å². The van der Waals surface area contributed by atoms with Crippen molar-refractivity contribution in [1.82, 2.24) is 10.3 Å². The normalized spacial score (nSPS) is 11.3. The highest BCUT2D eigenvalue weighted by Crippen LogP contribution is 2.28. The Kier molecular flexibility index (Phi) is 16.3. The average Bonchev–Trinajstić information content (AvgIpc) is 3.22. The molecule has 2 N–H and O–H groups in total. The lowest BCUT2D eigenvalue weighted by Crippen LogP contribution is -2.24. The Morgan fingerprint density at radius 1 is 0.757 bits per heavy atom. The number of fused-ring (bicyclic) bond motifs is 1. The SMILES string of the molecule is CCCCCCCCCCCCCCNc1nc2sc(C(=O)NCCCCCCCC)c(C)c2c(=O)o1. The predicted molar refractivity (Wildman–Crippen MR) is 158 cm³/mol. The van der Waals surface area contributed by atoms with E-state index < -0.39 is 5.63 Å². The van der Waals surface area contributed by atoms with Crippen molar-refractivity contribution in [3.05, 3.63) is 20.9 Å². The van der Waals surface area contributed by atoms with Gasteiger partial charge in [-0.05, 0) is 25.3 Å². The zero-order valence-corrected chi connectivity index (χ0v) is 24.5. The summed E-state index contributed by atoms with van der Waals surface area (Å²) in [4.78, 5) is 30.9. The molecule has 2 rings (SSSR count). The predicted octanol–water partition coefficient (Wildman–Crippen LogP) is 8.76. The molecule has 0 aliphatic heterocycles. The Balaban J connectivity index is 1.68. The molecule has 0 spiro atoms. The molecule has 0 radical (unpaired) electrons. The van der Waals surface area contributed by atoms with Crippen LogP contribution in [0, 0.1) is 6.92 Å². The van der Waals surface area contributed by atoms with E-state index in [-0.39, 0.29) is 11.9 Å². The number of anilines is 1. The lowest BCUT2D eigenvalue weighted by atomic mass is 10.1. The van der Waals surface area contributed by atoms with Crippen molar-refractivity contribution in [2.75, 3.05) is 18.4 Å². The van der Waals surface area contributed by atoms with Crippen molar-refractivity contribution in [1.29, 1.82) is 0 Å². The van der Waals surface area contributed by atoms with E-state index in [1.807, 2.05) is 0 Å². The number of aryl methyl sites for hydroxylation is 1. The monoisotopic (exact) mass is 533 g/mol. The Bertz CT molecular complexity index is 953. The number of rotatable bonds is 22. The van der Waals surface area contributed by atoms with Gasteiger partial charge in [-0.2, -0.15) is 4.98 Å². The number of carbonyl (C=O) groups is 1. The number of thiophene rings is 1. The van der Waals surface area contributed by atoms with Crippen molar-refractivity contribution in [2.45, 2.75) is 136 Å². The van der Waals surface area contributed by atoms with E-state index in [4.69, 9.17) is 4.42 Å². The highest BCUT2D eigenvalue weighted by Gasteiger charge is 2.20. The minimum absolute atomic E-state index is 0.125. The van der Waals surface area contributed by atoms with Crippen LogP contribution in [0.25, 0.3) is 10.2 Å². The lowest BCUT2D eigenvalue weighted by molar-refractivity contribution is 0.0956. The summed E-state index contributed by atoms with van der Waals surface area (Å²) in [5.41, 5.74) is 0.236. The topological polar surface area (TPSA) is 84.2 Å². The number of nitrogens with zero attached hydrogens (tertiary/aromatic N) is 1. The van der Waals surface area contributed by atoms with Gasteiger partial charge >= 0.3 is 5.63 Å². The van der Waals surface area contributed by atoms with E-state index >= 15 is 0 Å². The van der Waals surface area contributed by atoms with Gasteiger partial charge in [0, 0.05) is 13.1 Å². The van der Waals surface area contributed by atoms with Gasteiger partial charge in [-0.15, -0.1) is 11.3 Å². The van der Waals surface area contributed by atoms with Gasteiger partial charge in [-0.25, -0.2) is 4.79 Å². The molecular formula is C30H51N3O3S. The molecule has 0 aliphatic rings. The fraction of sp³-hybridized carbons (Fsp3) is 0.767. The van der Waals surface area contributed by atoms with E-state index in [1.54, 1.807) is 6.92 Å². The van der Waals surface area contributed by atoms with Crippen LogP contribution in [0.15, 0.2) is 9.21 Å². The first-order chi connectivity index (χ1) is 18.1. The Morgan fingerprint density at radius 3 is 1.78 bits per heavy atom. The van der Waals surface area contributed by atoms with Gasteiger partial charge in [0.2, 0.25) is 0 Å². The van der Waals surface area contributed by atoms with Crippen molar-refractivity contribution in [2.24, 2.45) is 0 Å². The molecule has 0 atom stereocenters. The maximum Gasteiger partial charge on any atom is 0.349 e. The van der Waals surface area contributed by atoms with E-state index in [0.717, 1.165) is 32.2 Å². The van der Waals surface area contributed by atoms with Crippen LogP contribution in [0.3, 0.4) is 0 Å². The molecule has 37 heavy (non-hydrogen) atoms. The van der Waals surface area contributed by atoms with Crippen LogP contribution >= 0.6 is 11.3 Å². The summed E-state index contributed by atoms with van der Waals surface area (Å²) < 4.78 is 5.41. The lowest BCUT2D eigenvalue weighted by Gasteiger charge is -2.05. The van der Waals surface area contributed by atoms with Crippen LogP contribution in [0.4, 0.5) is 6.01 Å². The van der Waals surface area contributed by atoms with E-state index in [2.05, 4.69) is 29.5 Å². The molecule has 2 aromatic rings. The van der Waals surface area contributed by atoms with E-state index in [0.29, 0.717) is 27.2 Å².